The average molecular weight is 274 g/mol. The molecule has 0 spiro atoms. The second-order valence-electron chi connectivity index (χ2n) is 4.13. The highest BCUT2D eigenvalue weighted by molar-refractivity contribution is 5.89. The van der Waals surface area contributed by atoms with Gasteiger partial charge in [0.25, 0.3) is 0 Å². The molecule has 6 nitrogen and oxygen atoms in total. The summed E-state index contributed by atoms with van der Waals surface area (Å²) in [5.41, 5.74) is 2.09. The summed E-state index contributed by atoms with van der Waals surface area (Å²) in [6, 6.07) is 9.91. The number of anilines is 1. The van der Waals surface area contributed by atoms with Crippen molar-refractivity contribution in [2.75, 3.05) is 12.4 Å². The molecule has 0 radical (unpaired) electrons. The standard InChI is InChI=1S/C14H14N2O4/c1-20-14(19)12-6-5-11(16-12)8-15-10-4-2-3-9(7-10)13(17)18/h2-7,15-16H,8H2,1H3,(H,17,18). The summed E-state index contributed by atoms with van der Waals surface area (Å²) in [4.78, 5) is 25.1. The van der Waals surface area contributed by atoms with E-state index in [2.05, 4.69) is 15.0 Å². The molecular formula is C14H14N2O4. The summed E-state index contributed by atoms with van der Waals surface area (Å²) in [6.07, 6.45) is 0. The number of aromatic amines is 1. The van der Waals surface area contributed by atoms with Gasteiger partial charge in [0.1, 0.15) is 5.69 Å². The SMILES string of the molecule is COC(=O)c1ccc(CNc2cccc(C(=O)O)c2)[nH]1. The van der Waals surface area contributed by atoms with Gasteiger partial charge in [0.2, 0.25) is 0 Å². The van der Waals surface area contributed by atoms with E-state index in [-0.39, 0.29) is 5.56 Å². The molecule has 0 saturated heterocycles. The number of H-pyrrole nitrogens is 1. The van der Waals surface area contributed by atoms with Gasteiger partial charge in [-0.2, -0.15) is 0 Å². The lowest BCUT2D eigenvalue weighted by Crippen LogP contribution is -2.04. The van der Waals surface area contributed by atoms with Crippen LogP contribution >= 0.6 is 0 Å². The van der Waals surface area contributed by atoms with Crippen molar-refractivity contribution < 1.29 is 19.4 Å². The van der Waals surface area contributed by atoms with Crippen LogP contribution in [-0.4, -0.2) is 29.1 Å². The number of nitrogens with one attached hydrogen (secondary N) is 2. The van der Waals surface area contributed by atoms with Gasteiger partial charge in [0, 0.05) is 11.4 Å². The van der Waals surface area contributed by atoms with Crippen LogP contribution in [0.5, 0.6) is 0 Å². The third-order valence-electron chi connectivity index (χ3n) is 2.74. The number of benzene rings is 1. The quantitative estimate of drug-likeness (QED) is 0.726. The van der Waals surface area contributed by atoms with E-state index in [0.717, 1.165) is 5.69 Å². The Morgan fingerprint density at radius 2 is 2.10 bits per heavy atom. The van der Waals surface area contributed by atoms with Gasteiger partial charge in [-0.25, -0.2) is 9.59 Å². The summed E-state index contributed by atoms with van der Waals surface area (Å²) in [5.74, 6) is -1.40. The number of hydrogen-bond donors (Lipinski definition) is 3. The van der Waals surface area contributed by atoms with Gasteiger partial charge >= 0.3 is 11.9 Å². The molecule has 3 N–H and O–H groups in total. The maximum Gasteiger partial charge on any atom is 0.354 e. The number of methoxy groups -OCH3 is 1. The monoisotopic (exact) mass is 274 g/mol. The van der Waals surface area contributed by atoms with Gasteiger partial charge in [-0.05, 0) is 30.3 Å². The van der Waals surface area contributed by atoms with Crippen molar-refractivity contribution in [2.24, 2.45) is 0 Å². The van der Waals surface area contributed by atoms with Gasteiger partial charge in [-0.15, -0.1) is 0 Å². The van der Waals surface area contributed by atoms with E-state index in [1.807, 2.05) is 0 Å². The van der Waals surface area contributed by atoms with E-state index in [4.69, 9.17) is 5.11 Å². The predicted octanol–water partition coefficient (Wildman–Crippen LogP) is 2.11. The molecule has 0 fully saturated rings. The smallest absolute Gasteiger partial charge is 0.354 e. The van der Waals surface area contributed by atoms with Gasteiger partial charge < -0.3 is 20.1 Å². The molecular weight excluding hydrogens is 260 g/mol. The van der Waals surface area contributed by atoms with Crippen LogP contribution in [0.2, 0.25) is 0 Å². The minimum atomic E-state index is -0.971. The van der Waals surface area contributed by atoms with E-state index in [9.17, 15) is 9.59 Å². The lowest BCUT2D eigenvalue weighted by molar-refractivity contribution is 0.0593. The number of rotatable bonds is 5. The molecule has 0 saturated carbocycles. The van der Waals surface area contributed by atoms with Crippen LogP contribution in [0, 0.1) is 0 Å². The first-order valence-electron chi connectivity index (χ1n) is 5.93. The largest absolute Gasteiger partial charge is 0.478 e. The van der Waals surface area contributed by atoms with Crippen LogP contribution in [0.1, 0.15) is 26.5 Å². The van der Waals surface area contributed by atoms with Crippen LogP contribution in [0.4, 0.5) is 5.69 Å². The van der Waals surface area contributed by atoms with E-state index in [0.29, 0.717) is 17.9 Å². The molecule has 2 rings (SSSR count). The lowest BCUT2D eigenvalue weighted by atomic mass is 10.2. The van der Waals surface area contributed by atoms with Gasteiger partial charge in [0.15, 0.2) is 0 Å². The van der Waals surface area contributed by atoms with Crippen molar-refractivity contribution in [3.05, 3.63) is 53.3 Å². The molecule has 0 atom stereocenters. The fourth-order valence-corrected chi connectivity index (χ4v) is 1.73. The molecule has 20 heavy (non-hydrogen) atoms. The number of carboxylic acids is 1. The second kappa shape index (κ2) is 5.92. The number of aromatic carboxylic acids is 1. The Labute approximate surface area is 115 Å². The molecule has 0 bridgehead atoms. The summed E-state index contributed by atoms with van der Waals surface area (Å²) in [5, 5.41) is 12.0. The van der Waals surface area contributed by atoms with Crippen LogP contribution in [0.15, 0.2) is 36.4 Å². The topological polar surface area (TPSA) is 91.4 Å². The number of carbonyl (C=O) groups is 2. The summed E-state index contributed by atoms with van der Waals surface area (Å²) in [6.45, 7) is 0.445. The zero-order chi connectivity index (χ0) is 14.5. The third-order valence-corrected chi connectivity index (χ3v) is 2.74. The number of esters is 1. The minimum Gasteiger partial charge on any atom is -0.478 e. The van der Waals surface area contributed by atoms with E-state index >= 15 is 0 Å². The van der Waals surface area contributed by atoms with Crippen molar-refractivity contribution >= 4 is 17.6 Å². The molecule has 0 aliphatic carbocycles. The third kappa shape index (κ3) is 3.17. The van der Waals surface area contributed by atoms with Crippen LogP contribution < -0.4 is 5.32 Å². The molecule has 1 heterocycles. The normalized spacial score (nSPS) is 10.1. The fraction of sp³-hybridized carbons (Fsp3) is 0.143. The zero-order valence-corrected chi connectivity index (χ0v) is 10.8. The molecule has 2 aromatic rings. The Hall–Kier alpha value is -2.76. The van der Waals surface area contributed by atoms with E-state index < -0.39 is 11.9 Å². The average Bonchev–Trinajstić information content (AvgIpc) is 2.93. The van der Waals surface area contributed by atoms with Gasteiger partial charge in [-0.1, -0.05) is 6.07 Å². The Bertz CT molecular complexity index is 634. The summed E-state index contributed by atoms with van der Waals surface area (Å²) >= 11 is 0. The first kappa shape index (κ1) is 13.7. The minimum absolute atomic E-state index is 0.219. The second-order valence-corrected chi connectivity index (χ2v) is 4.13. The number of carbonyl (C=O) groups excluding carboxylic acids is 1. The highest BCUT2D eigenvalue weighted by atomic mass is 16.5. The Kier molecular flexibility index (Phi) is 4.05. The predicted molar refractivity (Wildman–Crippen MR) is 72.9 cm³/mol. The van der Waals surface area contributed by atoms with Crippen LogP contribution in [0.3, 0.4) is 0 Å². The van der Waals surface area contributed by atoms with Crippen molar-refractivity contribution in [1.29, 1.82) is 0 Å². The maximum atomic E-state index is 11.3. The molecule has 0 amide bonds. The first-order valence-corrected chi connectivity index (χ1v) is 5.93. The number of ether oxygens (including phenoxy) is 1. The highest BCUT2D eigenvalue weighted by Crippen LogP contribution is 2.12. The number of carboxylic acid groups (broad SMARTS) is 1. The van der Waals surface area contributed by atoms with Crippen LogP contribution in [-0.2, 0) is 11.3 Å². The van der Waals surface area contributed by atoms with Crippen molar-refractivity contribution in [3.8, 4) is 0 Å². The molecule has 104 valence electrons. The van der Waals surface area contributed by atoms with Crippen molar-refractivity contribution in [3.63, 3.8) is 0 Å². The summed E-state index contributed by atoms with van der Waals surface area (Å²) in [7, 11) is 1.32. The van der Waals surface area contributed by atoms with Gasteiger partial charge in [-0.3, -0.25) is 0 Å². The fourth-order valence-electron chi connectivity index (χ4n) is 1.73. The maximum absolute atomic E-state index is 11.3. The molecule has 1 aromatic heterocycles. The molecule has 1 aromatic carbocycles. The molecule has 0 aliphatic heterocycles. The molecule has 0 aliphatic rings. The van der Waals surface area contributed by atoms with Gasteiger partial charge in [0.05, 0.1) is 19.2 Å². The highest BCUT2D eigenvalue weighted by Gasteiger charge is 2.08. The van der Waals surface area contributed by atoms with Crippen LogP contribution in [0.25, 0.3) is 0 Å². The molecule has 0 unspecified atom stereocenters. The van der Waals surface area contributed by atoms with E-state index in [1.54, 1.807) is 30.3 Å². The first-order chi connectivity index (χ1) is 9.60. The Balaban J connectivity index is 2.01. The van der Waals surface area contributed by atoms with Crippen molar-refractivity contribution in [1.82, 2.24) is 4.98 Å². The summed E-state index contributed by atoms with van der Waals surface area (Å²) < 4.78 is 4.60. The van der Waals surface area contributed by atoms with E-state index in [1.165, 1.54) is 13.2 Å². The lowest BCUT2D eigenvalue weighted by Gasteiger charge is -2.06. The number of aromatic nitrogens is 1. The Morgan fingerprint density at radius 3 is 2.80 bits per heavy atom. The zero-order valence-electron chi connectivity index (χ0n) is 10.8. The van der Waals surface area contributed by atoms with Crippen molar-refractivity contribution in [2.45, 2.75) is 6.54 Å². The number of hydrogen-bond acceptors (Lipinski definition) is 4. The molecule has 6 heteroatoms. The Morgan fingerprint density at radius 1 is 1.30 bits per heavy atom.